The Hall–Kier alpha value is -3.63. The van der Waals surface area contributed by atoms with Crippen molar-refractivity contribution < 1.29 is 39.6 Å². The molecule has 0 unspecified atom stereocenters. The molecule has 0 radical (unpaired) electrons. The van der Waals surface area contributed by atoms with Gasteiger partial charge in [-0.1, -0.05) is 11.8 Å². The molecule has 0 aliphatic heterocycles. The maximum atomic E-state index is 10.7. The number of carboxylic acids is 4. The van der Waals surface area contributed by atoms with Gasteiger partial charge in [0, 0.05) is 9.79 Å². The summed E-state index contributed by atoms with van der Waals surface area (Å²) >= 11 is 2.19. The van der Waals surface area contributed by atoms with Crippen LogP contribution in [0.5, 0.6) is 0 Å². The van der Waals surface area contributed by atoms with E-state index in [9.17, 15) is 19.2 Å². The van der Waals surface area contributed by atoms with Gasteiger partial charge in [-0.3, -0.25) is 0 Å². The fourth-order valence-electron chi connectivity index (χ4n) is 2.03. The third kappa shape index (κ3) is 6.47. The molecule has 30 heavy (non-hydrogen) atoms. The highest BCUT2D eigenvalue weighted by molar-refractivity contribution is 7.99. The third-order valence-electron chi connectivity index (χ3n) is 3.47. The first-order chi connectivity index (χ1) is 14.2. The smallest absolute Gasteiger partial charge is 0.345 e. The van der Waals surface area contributed by atoms with E-state index in [1.807, 2.05) is 0 Å². The predicted molar refractivity (Wildman–Crippen MR) is 109 cm³/mol. The van der Waals surface area contributed by atoms with Gasteiger partial charge in [0.2, 0.25) is 0 Å². The Morgan fingerprint density at radius 2 is 0.867 bits per heavy atom. The zero-order chi connectivity index (χ0) is 22.3. The number of hydrogen-bond acceptors (Lipinski definition) is 6. The Morgan fingerprint density at radius 1 is 0.533 bits per heavy atom. The maximum absolute atomic E-state index is 10.7. The van der Waals surface area contributed by atoms with Gasteiger partial charge in [-0.05, 0) is 60.7 Å². The summed E-state index contributed by atoms with van der Waals surface area (Å²) in [5, 5.41) is 34.4. The largest absolute Gasteiger partial charge is 0.478 e. The van der Waals surface area contributed by atoms with Crippen molar-refractivity contribution in [2.45, 2.75) is 9.79 Å². The van der Waals surface area contributed by atoms with Crippen LogP contribution in [0.3, 0.4) is 0 Å². The van der Waals surface area contributed by atoms with Gasteiger partial charge in [-0.25, -0.2) is 19.2 Å². The van der Waals surface area contributed by atoms with Gasteiger partial charge >= 0.3 is 23.9 Å². The Labute approximate surface area is 178 Å². The number of benzene rings is 2. The van der Waals surface area contributed by atoms with E-state index in [0.29, 0.717) is 0 Å². The summed E-state index contributed by atoms with van der Waals surface area (Å²) in [6, 6.07) is 15.6. The highest BCUT2D eigenvalue weighted by Crippen LogP contribution is 2.28. The summed E-state index contributed by atoms with van der Waals surface area (Å²) in [5.74, 6) is -4.10. The number of carbonyl (C=O) groups is 4. The standard InChI is InChI=1S/C14H10O4S.C6H4O4S/c15-13(16)9-1-5-11(6-2-9)19-12-7-3-10(4-8-12)14(17)18;7-5(8)3-1-2-4(11-3)6(9)10/h1-8H,(H,15,16)(H,17,18);1-2H,(H,7,8)(H,9,10). The predicted octanol–water partition coefficient (Wildman–Crippen LogP) is 4.38. The molecule has 0 spiro atoms. The molecule has 4 N–H and O–H groups in total. The summed E-state index contributed by atoms with van der Waals surface area (Å²) in [5.41, 5.74) is 0.483. The Bertz CT molecular complexity index is 985. The fourth-order valence-corrected chi connectivity index (χ4v) is 3.54. The molecule has 2 aromatic carbocycles. The lowest BCUT2D eigenvalue weighted by Gasteiger charge is -2.03. The van der Waals surface area contributed by atoms with Crippen LogP contribution in [0.4, 0.5) is 0 Å². The van der Waals surface area contributed by atoms with E-state index in [1.165, 1.54) is 48.2 Å². The van der Waals surface area contributed by atoms with Crippen molar-refractivity contribution in [1.82, 2.24) is 0 Å². The molecule has 0 saturated heterocycles. The quantitative estimate of drug-likeness (QED) is 0.432. The monoisotopic (exact) mass is 446 g/mol. The summed E-state index contributed by atoms with van der Waals surface area (Å²) < 4.78 is 0. The Balaban J connectivity index is 0.000000248. The van der Waals surface area contributed by atoms with Gasteiger partial charge in [-0.2, -0.15) is 0 Å². The van der Waals surface area contributed by atoms with Crippen LogP contribution in [-0.4, -0.2) is 44.3 Å². The lowest BCUT2D eigenvalue weighted by molar-refractivity contribution is 0.0686. The van der Waals surface area contributed by atoms with Gasteiger partial charge in [0.15, 0.2) is 0 Å². The molecule has 8 nitrogen and oxygen atoms in total. The van der Waals surface area contributed by atoms with Crippen LogP contribution < -0.4 is 0 Å². The lowest BCUT2D eigenvalue weighted by Crippen LogP contribution is -1.95. The van der Waals surface area contributed by atoms with E-state index < -0.39 is 23.9 Å². The SMILES string of the molecule is O=C(O)c1ccc(C(=O)O)s1.O=C(O)c1ccc(Sc2ccc(C(=O)O)cc2)cc1. The van der Waals surface area contributed by atoms with E-state index in [0.717, 1.165) is 21.1 Å². The van der Waals surface area contributed by atoms with Crippen LogP contribution in [0.1, 0.15) is 40.1 Å². The average Bonchev–Trinajstić information content (AvgIpc) is 3.20. The summed E-state index contributed by atoms with van der Waals surface area (Å²) in [6.07, 6.45) is 0. The van der Waals surface area contributed by atoms with Crippen molar-refractivity contribution in [1.29, 1.82) is 0 Å². The van der Waals surface area contributed by atoms with Crippen LogP contribution in [-0.2, 0) is 0 Å². The molecular weight excluding hydrogens is 432 g/mol. The first kappa shape index (κ1) is 22.7. The summed E-state index contributed by atoms with van der Waals surface area (Å²) in [4.78, 5) is 43.8. The highest BCUT2D eigenvalue weighted by Gasteiger charge is 2.10. The second-order valence-electron chi connectivity index (χ2n) is 5.54. The minimum Gasteiger partial charge on any atom is -0.478 e. The van der Waals surface area contributed by atoms with Crippen molar-refractivity contribution in [3.05, 3.63) is 81.5 Å². The number of rotatable bonds is 6. The molecular formula is C20H14O8S2. The zero-order valence-electron chi connectivity index (χ0n) is 15.0. The number of thiophene rings is 1. The second kappa shape index (κ2) is 10.2. The van der Waals surface area contributed by atoms with Crippen LogP contribution in [0, 0.1) is 0 Å². The topological polar surface area (TPSA) is 149 Å². The van der Waals surface area contributed by atoms with Crippen molar-refractivity contribution >= 4 is 47.0 Å². The molecule has 0 saturated carbocycles. The van der Waals surface area contributed by atoms with E-state index in [1.54, 1.807) is 24.3 Å². The molecule has 10 heteroatoms. The van der Waals surface area contributed by atoms with Gasteiger partial charge in [0.25, 0.3) is 0 Å². The van der Waals surface area contributed by atoms with Crippen molar-refractivity contribution in [2.24, 2.45) is 0 Å². The molecule has 1 heterocycles. The van der Waals surface area contributed by atoms with Gasteiger partial charge in [-0.15, -0.1) is 11.3 Å². The highest BCUT2D eigenvalue weighted by atomic mass is 32.2. The summed E-state index contributed by atoms with van der Waals surface area (Å²) in [6.45, 7) is 0. The van der Waals surface area contributed by atoms with Crippen LogP contribution in [0.15, 0.2) is 70.5 Å². The molecule has 0 amide bonds. The maximum Gasteiger partial charge on any atom is 0.345 e. The average molecular weight is 446 g/mol. The molecule has 0 aliphatic rings. The van der Waals surface area contributed by atoms with Gasteiger partial charge < -0.3 is 20.4 Å². The molecule has 0 bridgehead atoms. The first-order valence-corrected chi connectivity index (χ1v) is 9.71. The van der Waals surface area contributed by atoms with Crippen LogP contribution in [0.2, 0.25) is 0 Å². The molecule has 0 aliphatic carbocycles. The number of hydrogen-bond donors (Lipinski definition) is 4. The van der Waals surface area contributed by atoms with Crippen molar-refractivity contribution in [3.63, 3.8) is 0 Å². The molecule has 0 fully saturated rings. The number of aromatic carboxylic acids is 4. The molecule has 0 atom stereocenters. The van der Waals surface area contributed by atoms with Gasteiger partial charge in [0.1, 0.15) is 9.75 Å². The fraction of sp³-hybridized carbons (Fsp3) is 0. The lowest BCUT2D eigenvalue weighted by atomic mass is 10.2. The second-order valence-corrected chi connectivity index (χ2v) is 7.77. The zero-order valence-corrected chi connectivity index (χ0v) is 16.6. The normalized spacial score (nSPS) is 9.87. The van der Waals surface area contributed by atoms with E-state index in [2.05, 4.69) is 0 Å². The van der Waals surface area contributed by atoms with Crippen LogP contribution in [0.25, 0.3) is 0 Å². The molecule has 3 aromatic rings. The van der Waals surface area contributed by atoms with Crippen molar-refractivity contribution in [3.8, 4) is 0 Å². The molecule has 154 valence electrons. The molecule has 3 rings (SSSR count). The minimum atomic E-state index is -1.09. The third-order valence-corrected chi connectivity index (χ3v) is 5.54. The Morgan fingerprint density at radius 3 is 1.10 bits per heavy atom. The van der Waals surface area contributed by atoms with Gasteiger partial charge in [0.05, 0.1) is 11.1 Å². The first-order valence-electron chi connectivity index (χ1n) is 8.08. The summed E-state index contributed by atoms with van der Waals surface area (Å²) in [7, 11) is 0. The Kier molecular flexibility index (Phi) is 7.73. The van der Waals surface area contributed by atoms with Crippen LogP contribution >= 0.6 is 23.1 Å². The minimum absolute atomic E-state index is 0.0439. The van der Waals surface area contributed by atoms with E-state index in [4.69, 9.17) is 20.4 Å². The van der Waals surface area contributed by atoms with Crippen molar-refractivity contribution in [2.75, 3.05) is 0 Å². The van der Waals surface area contributed by atoms with E-state index >= 15 is 0 Å². The molecule has 1 aromatic heterocycles. The number of carboxylic acid groups (broad SMARTS) is 4. The van der Waals surface area contributed by atoms with E-state index in [-0.39, 0.29) is 20.9 Å².